The van der Waals surface area contributed by atoms with Crippen LogP contribution in [0.15, 0.2) is 0 Å². The Labute approximate surface area is 115 Å². The van der Waals surface area contributed by atoms with E-state index in [0.717, 1.165) is 0 Å². The molecule has 1 fully saturated rings. The minimum absolute atomic E-state index is 0.0407. The van der Waals surface area contributed by atoms with Crippen molar-refractivity contribution < 1.29 is 14.3 Å². The van der Waals surface area contributed by atoms with Gasteiger partial charge in [-0.05, 0) is 26.2 Å². The molecule has 1 heterocycles. The SMILES string of the molecule is COC(C)CN1C(=O)C(C(C)(C)C)NC(=O)C1(C)C. The van der Waals surface area contributed by atoms with Gasteiger partial charge in [-0.25, -0.2) is 0 Å². The van der Waals surface area contributed by atoms with Crippen molar-refractivity contribution in [3.05, 3.63) is 0 Å². The third-order valence-corrected chi connectivity index (χ3v) is 3.73. The van der Waals surface area contributed by atoms with Gasteiger partial charge in [-0.1, -0.05) is 20.8 Å². The van der Waals surface area contributed by atoms with E-state index in [0.29, 0.717) is 6.54 Å². The molecule has 1 aliphatic rings. The maximum Gasteiger partial charge on any atom is 0.246 e. The molecule has 110 valence electrons. The van der Waals surface area contributed by atoms with Crippen LogP contribution < -0.4 is 5.32 Å². The number of amides is 2. The summed E-state index contributed by atoms with van der Waals surface area (Å²) in [5.74, 6) is -0.156. The van der Waals surface area contributed by atoms with Crippen LogP contribution in [0.2, 0.25) is 0 Å². The predicted molar refractivity (Wildman–Crippen MR) is 73.6 cm³/mol. The van der Waals surface area contributed by atoms with E-state index < -0.39 is 11.6 Å². The first kappa shape index (κ1) is 16.0. The lowest BCUT2D eigenvalue weighted by molar-refractivity contribution is -0.160. The third kappa shape index (κ3) is 3.08. The van der Waals surface area contributed by atoms with Crippen molar-refractivity contribution in [2.24, 2.45) is 5.41 Å². The van der Waals surface area contributed by atoms with Crippen LogP contribution in [0.1, 0.15) is 41.5 Å². The highest BCUT2D eigenvalue weighted by Crippen LogP contribution is 2.29. The van der Waals surface area contributed by atoms with Crippen molar-refractivity contribution in [1.82, 2.24) is 10.2 Å². The molecule has 0 aromatic rings. The van der Waals surface area contributed by atoms with E-state index in [1.807, 2.05) is 27.7 Å². The number of carbonyl (C=O) groups excluding carboxylic acids is 2. The van der Waals surface area contributed by atoms with Crippen LogP contribution >= 0.6 is 0 Å². The Morgan fingerprint density at radius 1 is 1.37 bits per heavy atom. The summed E-state index contributed by atoms with van der Waals surface area (Å²) in [5, 5.41) is 2.85. The van der Waals surface area contributed by atoms with Crippen molar-refractivity contribution >= 4 is 11.8 Å². The molecule has 2 amide bonds. The molecule has 0 radical (unpaired) electrons. The van der Waals surface area contributed by atoms with Crippen molar-refractivity contribution in [2.45, 2.75) is 59.2 Å². The minimum Gasteiger partial charge on any atom is -0.380 e. The monoisotopic (exact) mass is 270 g/mol. The zero-order valence-corrected chi connectivity index (χ0v) is 13.0. The molecule has 0 bridgehead atoms. The van der Waals surface area contributed by atoms with Crippen molar-refractivity contribution in [1.29, 1.82) is 0 Å². The van der Waals surface area contributed by atoms with E-state index in [-0.39, 0.29) is 23.3 Å². The lowest BCUT2D eigenvalue weighted by Crippen LogP contribution is -2.71. The second-order valence-electron chi connectivity index (χ2n) is 6.83. The van der Waals surface area contributed by atoms with Crippen molar-refractivity contribution in [2.75, 3.05) is 13.7 Å². The number of rotatable bonds is 3. The van der Waals surface area contributed by atoms with Gasteiger partial charge in [-0.3, -0.25) is 9.59 Å². The van der Waals surface area contributed by atoms with Crippen LogP contribution in [-0.4, -0.2) is 48.1 Å². The molecule has 2 atom stereocenters. The topological polar surface area (TPSA) is 58.6 Å². The average molecular weight is 270 g/mol. The van der Waals surface area contributed by atoms with E-state index in [1.54, 1.807) is 25.9 Å². The Kier molecular flexibility index (Phi) is 4.30. The van der Waals surface area contributed by atoms with E-state index in [1.165, 1.54) is 0 Å². The van der Waals surface area contributed by atoms with Gasteiger partial charge in [0, 0.05) is 13.7 Å². The van der Waals surface area contributed by atoms with Crippen LogP contribution in [0.3, 0.4) is 0 Å². The Morgan fingerprint density at radius 2 is 1.89 bits per heavy atom. The molecule has 5 heteroatoms. The van der Waals surface area contributed by atoms with Gasteiger partial charge in [0.1, 0.15) is 11.6 Å². The van der Waals surface area contributed by atoms with Crippen molar-refractivity contribution in [3.8, 4) is 0 Å². The normalized spacial score (nSPS) is 25.2. The van der Waals surface area contributed by atoms with Gasteiger partial charge in [-0.2, -0.15) is 0 Å². The highest BCUT2D eigenvalue weighted by atomic mass is 16.5. The molecule has 1 rings (SSSR count). The van der Waals surface area contributed by atoms with Gasteiger partial charge in [0.2, 0.25) is 11.8 Å². The van der Waals surface area contributed by atoms with Gasteiger partial charge in [0.25, 0.3) is 0 Å². The first-order valence-corrected chi connectivity index (χ1v) is 6.67. The minimum atomic E-state index is -0.842. The quantitative estimate of drug-likeness (QED) is 0.837. The van der Waals surface area contributed by atoms with Crippen LogP contribution in [0.5, 0.6) is 0 Å². The van der Waals surface area contributed by atoms with Crippen LogP contribution in [0.4, 0.5) is 0 Å². The molecule has 1 aliphatic heterocycles. The zero-order valence-electron chi connectivity index (χ0n) is 13.0. The van der Waals surface area contributed by atoms with E-state index in [2.05, 4.69) is 5.32 Å². The first-order chi connectivity index (χ1) is 8.51. The van der Waals surface area contributed by atoms with Crippen LogP contribution in [0.25, 0.3) is 0 Å². The Hall–Kier alpha value is -1.10. The summed E-state index contributed by atoms with van der Waals surface area (Å²) in [4.78, 5) is 26.5. The van der Waals surface area contributed by atoms with Gasteiger partial charge in [0.05, 0.1) is 6.10 Å². The number of ether oxygens (including phenoxy) is 1. The van der Waals surface area contributed by atoms with Crippen LogP contribution in [0, 0.1) is 5.41 Å². The van der Waals surface area contributed by atoms with Gasteiger partial charge in [0.15, 0.2) is 0 Å². The summed E-state index contributed by atoms with van der Waals surface area (Å²) >= 11 is 0. The number of piperazine rings is 1. The molecular formula is C14H26N2O3. The predicted octanol–water partition coefficient (Wildman–Crippen LogP) is 1.17. The summed E-state index contributed by atoms with van der Waals surface area (Å²) in [7, 11) is 1.60. The van der Waals surface area contributed by atoms with E-state index in [9.17, 15) is 9.59 Å². The number of nitrogens with zero attached hydrogens (tertiary/aromatic N) is 1. The van der Waals surface area contributed by atoms with E-state index in [4.69, 9.17) is 4.74 Å². The summed E-state index contributed by atoms with van der Waals surface area (Å²) in [5.41, 5.74) is -1.15. The van der Waals surface area contributed by atoms with Crippen LogP contribution in [-0.2, 0) is 14.3 Å². The molecule has 0 aromatic carbocycles. The Morgan fingerprint density at radius 3 is 2.32 bits per heavy atom. The lowest BCUT2D eigenvalue weighted by atomic mass is 9.81. The van der Waals surface area contributed by atoms with Crippen molar-refractivity contribution in [3.63, 3.8) is 0 Å². The highest BCUT2D eigenvalue weighted by Gasteiger charge is 2.49. The molecule has 1 N–H and O–H groups in total. The second-order valence-corrected chi connectivity index (χ2v) is 6.83. The molecule has 5 nitrogen and oxygen atoms in total. The summed E-state index contributed by atoms with van der Waals surface area (Å²) in [6.07, 6.45) is -0.102. The maximum atomic E-state index is 12.6. The fourth-order valence-electron chi connectivity index (χ4n) is 2.16. The summed E-state index contributed by atoms with van der Waals surface area (Å²) in [6, 6.07) is -0.489. The second kappa shape index (κ2) is 5.12. The van der Waals surface area contributed by atoms with Gasteiger partial charge < -0.3 is 15.0 Å². The number of carbonyl (C=O) groups is 2. The van der Waals surface area contributed by atoms with E-state index >= 15 is 0 Å². The maximum absolute atomic E-state index is 12.6. The fourth-order valence-corrected chi connectivity index (χ4v) is 2.16. The molecule has 0 aromatic heterocycles. The zero-order chi connectivity index (χ0) is 15.0. The standard InChI is InChI=1S/C14H26N2O3/c1-9(19-7)8-16-11(17)10(13(2,3)4)15-12(18)14(16,5)6/h9-10H,8H2,1-7H3,(H,15,18). The third-order valence-electron chi connectivity index (χ3n) is 3.73. The number of hydrogen-bond acceptors (Lipinski definition) is 3. The highest BCUT2D eigenvalue weighted by molar-refractivity contribution is 5.99. The smallest absolute Gasteiger partial charge is 0.246 e. The largest absolute Gasteiger partial charge is 0.380 e. The molecule has 0 aliphatic carbocycles. The van der Waals surface area contributed by atoms with Gasteiger partial charge in [-0.15, -0.1) is 0 Å². The lowest BCUT2D eigenvalue weighted by Gasteiger charge is -2.48. The Bertz CT molecular complexity index is 371. The molecule has 19 heavy (non-hydrogen) atoms. The number of methoxy groups -OCH3 is 1. The number of nitrogens with one attached hydrogen (secondary N) is 1. The molecule has 0 saturated carbocycles. The molecule has 2 unspecified atom stereocenters. The molecule has 0 spiro atoms. The average Bonchev–Trinajstić information content (AvgIpc) is 2.27. The molecular weight excluding hydrogens is 244 g/mol. The molecule has 1 saturated heterocycles. The summed E-state index contributed by atoms with van der Waals surface area (Å²) < 4.78 is 5.23. The number of hydrogen-bond donors (Lipinski definition) is 1. The van der Waals surface area contributed by atoms with Gasteiger partial charge >= 0.3 is 0 Å². The Balaban J connectivity index is 3.07. The first-order valence-electron chi connectivity index (χ1n) is 6.67. The fraction of sp³-hybridized carbons (Fsp3) is 0.857. The summed E-state index contributed by atoms with van der Waals surface area (Å²) in [6.45, 7) is 11.7.